The first-order valence-electron chi connectivity index (χ1n) is 6.38. The molecule has 1 aromatic rings. The van der Waals surface area contributed by atoms with Crippen LogP contribution in [0.5, 0.6) is 5.75 Å². The highest BCUT2D eigenvalue weighted by atomic mass is 16.5. The van der Waals surface area contributed by atoms with E-state index in [1.165, 1.54) is 0 Å². The van der Waals surface area contributed by atoms with E-state index in [0.717, 1.165) is 31.1 Å². The Kier molecular flexibility index (Phi) is 4.09. The molecule has 0 bridgehead atoms. The van der Waals surface area contributed by atoms with Crippen molar-refractivity contribution in [3.63, 3.8) is 0 Å². The molecule has 0 aliphatic carbocycles. The molecule has 0 amide bonds. The molecule has 1 aliphatic rings. The molecule has 4 heteroatoms. The fourth-order valence-electron chi connectivity index (χ4n) is 2.39. The molecule has 2 unspecified atom stereocenters. The Morgan fingerprint density at radius 2 is 2.39 bits per heavy atom. The summed E-state index contributed by atoms with van der Waals surface area (Å²) in [6, 6.07) is 7.93. The quantitative estimate of drug-likeness (QED) is 0.837. The number of anilines is 1. The number of hydrogen-bond acceptors (Lipinski definition) is 4. The monoisotopic (exact) mass is 250 g/mol. The Morgan fingerprint density at radius 3 is 3.00 bits per heavy atom. The normalized spacial score (nSPS) is 22.5. The third-order valence-electron chi connectivity index (χ3n) is 3.75. The molecular formula is C14H22N2O2. The van der Waals surface area contributed by atoms with Crippen LogP contribution >= 0.6 is 0 Å². The standard InChI is InChI=1S/C14H22N2O2/c1-14(10-15,11-6-7-18-9-11)16-12-4-3-5-13(8-12)17-2/h3-5,8,11,16H,6-7,9-10,15H2,1-2H3. The maximum Gasteiger partial charge on any atom is 0.120 e. The van der Waals surface area contributed by atoms with E-state index in [4.69, 9.17) is 15.2 Å². The van der Waals surface area contributed by atoms with Gasteiger partial charge in [0.15, 0.2) is 0 Å². The number of nitrogens with one attached hydrogen (secondary N) is 1. The van der Waals surface area contributed by atoms with Gasteiger partial charge in [0, 0.05) is 30.8 Å². The lowest BCUT2D eigenvalue weighted by atomic mass is 9.84. The van der Waals surface area contributed by atoms with Gasteiger partial charge in [-0.25, -0.2) is 0 Å². The van der Waals surface area contributed by atoms with Gasteiger partial charge in [-0.2, -0.15) is 0 Å². The zero-order valence-electron chi connectivity index (χ0n) is 11.1. The topological polar surface area (TPSA) is 56.5 Å². The largest absolute Gasteiger partial charge is 0.497 e. The van der Waals surface area contributed by atoms with Crippen LogP contribution in [0.15, 0.2) is 24.3 Å². The van der Waals surface area contributed by atoms with E-state index in [1.54, 1.807) is 7.11 Å². The van der Waals surface area contributed by atoms with Gasteiger partial charge in [-0.1, -0.05) is 6.07 Å². The second kappa shape index (κ2) is 5.59. The van der Waals surface area contributed by atoms with Gasteiger partial charge in [0.05, 0.1) is 19.3 Å². The predicted molar refractivity (Wildman–Crippen MR) is 73.0 cm³/mol. The molecule has 0 spiro atoms. The van der Waals surface area contributed by atoms with Crippen molar-refractivity contribution in [3.05, 3.63) is 24.3 Å². The maximum absolute atomic E-state index is 5.96. The Hall–Kier alpha value is -1.26. The van der Waals surface area contributed by atoms with Crippen molar-refractivity contribution in [2.24, 2.45) is 11.7 Å². The van der Waals surface area contributed by atoms with Crippen molar-refractivity contribution in [2.45, 2.75) is 18.9 Å². The molecule has 1 aromatic carbocycles. The average Bonchev–Trinajstić information content (AvgIpc) is 2.93. The summed E-state index contributed by atoms with van der Waals surface area (Å²) in [7, 11) is 1.67. The zero-order chi connectivity index (χ0) is 13.0. The first kappa shape index (κ1) is 13.2. The summed E-state index contributed by atoms with van der Waals surface area (Å²) in [5, 5.41) is 3.54. The Bertz CT molecular complexity index is 391. The number of ether oxygens (including phenoxy) is 2. The van der Waals surface area contributed by atoms with Crippen LogP contribution in [0.2, 0.25) is 0 Å². The summed E-state index contributed by atoms with van der Waals surface area (Å²) in [4.78, 5) is 0. The van der Waals surface area contributed by atoms with Crippen molar-refractivity contribution < 1.29 is 9.47 Å². The zero-order valence-corrected chi connectivity index (χ0v) is 11.1. The molecule has 18 heavy (non-hydrogen) atoms. The summed E-state index contributed by atoms with van der Waals surface area (Å²) < 4.78 is 10.7. The van der Waals surface area contributed by atoms with Crippen molar-refractivity contribution >= 4 is 5.69 Å². The second-order valence-electron chi connectivity index (χ2n) is 5.04. The van der Waals surface area contributed by atoms with Gasteiger partial charge in [-0.3, -0.25) is 0 Å². The van der Waals surface area contributed by atoms with E-state index in [9.17, 15) is 0 Å². The Balaban J connectivity index is 2.13. The minimum Gasteiger partial charge on any atom is -0.497 e. The van der Waals surface area contributed by atoms with Crippen LogP contribution in [0.25, 0.3) is 0 Å². The van der Waals surface area contributed by atoms with Gasteiger partial charge >= 0.3 is 0 Å². The second-order valence-corrected chi connectivity index (χ2v) is 5.04. The molecule has 4 nitrogen and oxygen atoms in total. The van der Waals surface area contributed by atoms with Crippen LogP contribution < -0.4 is 15.8 Å². The van der Waals surface area contributed by atoms with Gasteiger partial charge in [-0.05, 0) is 25.5 Å². The first-order valence-corrected chi connectivity index (χ1v) is 6.38. The number of methoxy groups -OCH3 is 1. The van der Waals surface area contributed by atoms with E-state index in [-0.39, 0.29) is 5.54 Å². The van der Waals surface area contributed by atoms with Crippen molar-refractivity contribution in [2.75, 3.05) is 32.2 Å². The molecule has 1 aliphatic heterocycles. The first-order chi connectivity index (χ1) is 8.68. The molecular weight excluding hydrogens is 228 g/mol. The smallest absolute Gasteiger partial charge is 0.120 e. The number of nitrogens with two attached hydrogens (primary N) is 1. The van der Waals surface area contributed by atoms with Crippen LogP contribution in [0, 0.1) is 5.92 Å². The van der Waals surface area contributed by atoms with Crippen LogP contribution in [-0.4, -0.2) is 32.4 Å². The highest BCUT2D eigenvalue weighted by Crippen LogP contribution is 2.29. The van der Waals surface area contributed by atoms with Crippen molar-refractivity contribution in [3.8, 4) is 5.75 Å². The number of rotatable bonds is 5. The summed E-state index contributed by atoms with van der Waals surface area (Å²) in [5.74, 6) is 1.30. The molecule has 2 atom stereocenters. The van der Waals surface area contributed by atoms with E-state index < -0.39 is 0 Å². The molecule has 3 N–H and O–H groups in total. The lowest BCUT2D eigenvalue weighted by Crippen LogP contribution is -2.49. The SMILES string of the molecule is COc1cccc(NC(C)(CN)C2CCOC2)c1. The van der Waals surface area contributed by atoms with E-state index >= 15 is 0 Å². The van der Waals surface area contributed by atoms with Gasteiger partial charge in [0.1, 0.15) is 5.75 Å². The fourth-order valence-corrected chi connectivity index (χ4v) is 2.39. The van der Waals surface area contributed by atoms with Gasteiger partial charge in [0.25, 0.3) is 0 Å². The van der Waals surface area contributed by atoms with E-state index in [2.05, 4.69) is 12.2 Å². The van der Waals surface area contributed by atoms with Gasteiger partial charge < -0.3 is 20.5 Å². The lowest BCUT2D eigenvalue weighted by Gasteiger charge is -2.35. The Morgan fingerprint density at radius 1 is 1.56 bits per heavy atom. The number of hydrogen-bond donors (Lipinski definition) is 2. The molecule has 0 saturated carbocycles. The molecule has 1 heterocycles. The minimum absolute atomic E-state index is 0.136. The summed E-state index contributed by atoms with van der Waals surface area (Å²) in [6.45, 7) is 4.36. The van der Waals surface area contributed by atoms with Gasteiger partial charge in [0.2, 0.25) is 0 Å². The molecule has 0 radical (unpaired) electrons. The third-order valence-corrected chi connectivity index (χ3v) is 3.75. The fraction of sp³-hybridized carbons (Fsp3) is 0.571. The maximum atomic E-state index is 5.96. The molecule has 0 aromatic heterocycles. The highest BCUT2D eigenvalue weighted by molar-refractivity contribution is 5.50. The van der Waals surface area contributed by atoms with E-state index in [0.29, 0.717) is 12.5 Å². The number of benzene rings is 1. The van der Waals surface area contributed by atoms with Crippen LogP contribution in [0.1, 0.15) is 13.3 Å². The van der Waals surface area contributed by atoms with Crippen LogP contribution in [0.3, 0.4) is 0 Å². The average molecular weight is 250 g/mol. The lowest BCUT2D eigenvalue weighted by molar-refractivity contribution is 0.172. The van der Waals surface area contributed by atoms with Crippen LogP contribution in [0.4, 0.5) is 5.69 Å². The molecule has 2 rings (SSSR count). The third kappa shape index (κ3) is 2.76. The van der Waals surface area contributed by atoms with E-state index in [1.807, 2.05) is 24.3 Å². The Labute approximate surface area is 108 Å². The van der Waals surface area contributed by atoms with Crippen molar-refractivity contribution in [1.82, 2.24) is 0 Å². The van der Waals surface area contributed by atoms with Crippen LogP contribution in [-0.2, 0) is 4.74 Å². The molecule has 100 valence electrons. The predicted octanol–water partition coefficient (Wildman–Crippen LogP) is 1.86. The summed E-state index contributed by atoms with van der Waals surface area (Å²) in [5.41, 5.74) is 6.86. The molecule has 1 fully saturated rings. The molecule has 1 saturated heterocycles. The van der Waals surface area contributed by atoms with Gasteiger partial charge in [-0.15, -0.1) is 0 Å². The minimum atomic E-state index is -0.136. The van der Waals surface area contributed by atoms with Crippen molar-refractivity contribution in [1.29, 1.82) is 0 Å². The summed E-state index contributed by atoms with van der Waals surface area (Å²) >= 11 is 0. The highest BCUT2D eigenvalue weighted by Gasteiger charge is 2.35. The summed E-state index contributed by atoms with van der Waals surface area (Å²) in [6.07, 6.45) is 1.06.